The summed E-state index contributed by atoms with van der Waals surface area (Å²) >= 11 is 0. The maximum Gasteiger partial charge on any atom is 0.416 e. The molecule has 0 atom stereocenters. The summed E-state index contributed by atoms with van der Waals surface area (Å²) in [5.41, 5.74) is 0.0747. The molecule has 1 aromatic carbocycles. The Balaban J connectivity index is 2.71. The number of rotatable bonds is 0. The monoisotopic (exact) mass is 221 g/mol. The summed E-state index contributed by atoms with van der Waals surface area (Å²) < 4.78 is 37.3. The van der Waals surface area contributed by atoms with Crippen LogP contribution in [-0.2, 0) is 6.18 Å². The number of terminal acetylenes is 1. The highest BCUT2D eigenvalue weighted by molar-refractivity contribution is 5.85. The van der Waals surface area contributed by atoms with Crippen LogP contribution in [-0.4, -0.2) is 4.98 Å². The van der Waals surface area contributed by atoms with Gasteiger partial charge in [0.1, 0.15) is 0 Å². The lowest BCUT2D eigenvalue weighted by atomic mass is 10.1. The van der Waals surface area contributed by atoms with E-state index in [0.29, 0.717) is 10.9 Å². The van der Waals surface area contributed by atoms with Crippen LogP contribution in [0.4, 0.5) is 13.2 Å². The largest absolute Gasteiger partial charge is 0.416 e. The number of nitrogens with zero attached hydrogens (tertiary/aromatic N) is 1. The quantitative estimate of drug-likeness (QED) is 0.622. The van der Waals surface area contributed by atoms with Gasteiger partial charge in [0.05, 0.1) is 11.1 Å². The summed E-state index contributed by atoms with van der Waals surface area (Å²) in [5, 5.41) is 0.554. The Morgan fingerprint density at radius 2 is 1.94 bits per heavy atom. The average Bonchev–Trinajstić information content (AvgIpc) is 2.26. The van der Waals surface area contributed by atoms with Gasteiger partial charge >= 0.3 is 6.18 Å². The van der Waals surface area contributed by atoms with Gasteiger partial charge in [-0.1, -0.05) is 12.0 Å². The van der Waals surface area contributed by atoms with Crippen molar-refractivity contribution in [1.29, 1.82) is 0 Å². The molecular weight excluding hydrogens is 215 g/mol. The van der Waals surface area contributed by atoms with Crippen molar-refractivity contribution in [3.05, 3.63) is 41.6 Å². The second-order valence-electron chi connectivity index (χ2n) is 3.23. The normalized spacial score (nSPS) is 11.4. The molecule has 0 aliphatic rings. The van der Waals surface area contributed by atoms with Crippen molar-refractivity contribution < 1.29 is 13.2 Å². The van der Waals surface area contributed by atoms with E-state index >= 15 is 0 Å². The van der Waals surface area contributed by atoms with E-state index in [1.54, 1.807) is 6.07 Å². The molecule has 0 radical (unpaired) electrons. The van der Waals surface area contributed by atoms with Gasteiger partial charge in [0, 0.05) is 17.1 Å². The summed E-state index contributed by atoms with van der Waals surface area (Å²) in [6, 6.07) is 4.94. The van der Waals surface area contributed by atoms with E-state index < -0.39 is 11.7 Å². The van der Waals surface area contributed by atoms with Gasteiger partial charge in [-0.15, -0.1) is 6.42 Å². The fraction of sp³-hybridized carbons (Fsp3) is 0.0833. The fourth-order valence-electron chi connectivity index (χ4n) is 1.45. The molecule has 4 heteroatoms. The standard InChI is InChI=1S/C12H6F3N/c1-2-8-5-6-16-11-7-9(12(13,14)15)3-4-10(8)11/h1,3-7H. The van der Waals surface area contributed by atoms with Crippen LogP contribution < -0.4 is 0 Å². The maximum absolute atomic E-state index is 12.4. The minimum absolute atomic E-state index is 0.255. The molecule has 0 bridgehead atoms. The Kier molecular flexibility index (Phi) is 2.31. The van der Waals surface area contributed by atoms with E-state index in [9.17, 15) is 13.2 Å². The van der Waals surface area contributed by atoms with Crippen molar-refractivity contribution in [2.75, 3.05) is 0 Å². The summed E-state index contributed by atoms with van der Waals surface area (Å²) in [5.74, 6) is 2.41. The molecule has 1 heterocycles. The molecule has 16 heavy (non-hydrogen) atoms. The Bertz CT molecular complexity index is 579. The Hall–Kier alpha value is -2.02. The highest BCUT2D eigenvalue weighted by atomic mass is 19.4. The number of hydrogen-bond acceptors (Lipinski definition) is 1. The van der Waals surface area contributed by atoms with E-state index in [4.69, 9.17) is 6.42 Å². The molecule has 0 aliphatic heterocycles. The predicted octanol–water partition coefficient (Wildman–Crippen LogP) is 3.23. The van der Waals surface area contributed by atoms with Crippen molar-refractivity contribution in [2.24, 2.45) is 0 Å². The molecule has 0 spiro atoms. The molecule has 0 fully saturated rings. The number of aromatic nitrogens is 1. The first-order chi connectivity index (χ1) is 7.52. The van der Waals surface area contributed by atoms with Crippen LogP contribution in [0.2, 0.25) is 0 Å². The van der Waals surface area contributed by atoms with Crippen LogP contribution in [0, 0.1) is 12.3 Å². The van der Waals surface area contributed by atoms with Crippen LogP contribution in [0.3, 0.4) is 0 Å². The number of benzene rings is 1. The predicted molar refractivity (Wildman–Crippen MR) is 54.7 cm³/mol. The molecule has 0 aliphatic carbocycles. The second kappa shape index (κ2) is 3.53. The maximum atomic E-state index is 12.4. The van der Waals surface area contributed by atoms with Crippen LogP contribution in [0.1, 0.15) is 11.1 Å². The van der Waals surface area contributed by atoms with Crippen LogP contribution >= 0.6 is 0 Å². The summed E-state index contributed by atoms with van der Waals surface area (Å²) in [7, 11) is 0. The molecular formula is C12H6F3N. The van der Waals surface area contributed by atoms with Crippen molar-refractivity contribution in [1.82, 2.24) is 4.98 Å². The van der Waals surface area contributed by atoms with Gasteiger partial charge < -0.3 is 0 Å². The average molecular weight is 221 g/mol. The summed E-state index contributed by atoms with van der Waals surface area (Å²) in [6.07, 6.45) is 2.28. The molecule has 0 N–H and O–H groups in total. The highest BCUT2D eigenvalue weighted by Gasteiger charge is 2.30. The third-order valence-corrected chi connectivity index (χ3v) is 2.23. The fourth-order valence-corrected chi connectivity index (χ4v) is 1.45. The van der Waals surface area contributed by atoms with Crippen molar-refractivity contribution in [3.8, 4) is 12.3 Å². The topological polar surface area (TPSA) is 12.9 Å². The molecule has 0 saturated heterocycles. The van der Waals surface area contributed by atoms with Crippen LogP contribution in [0.5, 0.6) is 0 Å². The minimum Gasteiger partial charge on any atom is -0.256 e. The van der Waals surface area contributed by atoms with Crippen LogP contribution in [0.25, 0.3) is 10.9 Å². The third-order valence-electron chi connectivity index (χ3n) is 2.23. The number of fused-ring (bicyclic) bond motifs is 1. The Morgan fingerprint density at radius 3 is 2.56 bits per heavy atom. The zero-order chi connectivity index (χ0) is 11.8. The van der Waals surface area contributed by atoms with E-state index in [0.717, 1.165) is 12.1 Å². The molecule has 2 rings (SSSR count). The molecule has 80 valence electrons. The lowest BCUT2D eigenvalue weighted by Gasteiger charge is -2.07. The van der Waals surface area contributed by atoms with E-state index in [1.807, 2.05) is 0 Å². The molecule has 0 amide bonds. The van der Waals surface area contributed by atoms with Gasteiger partial charge in [-0.3, -0.25) is 4.98 Å². The highest BCUT2D eigenvalue weighted by Crippen LogP contribution is 2.31. The number of halogens is 3. The second-order valence-corrected chi connectivity index (χ2v) is 3.23. The van der Waals surface area contributed by atoms with Gasteiger partial charge in [-0.2, -0.15) is 13.2 Å². The number of pyridine rings is 1. The first-order valence-electron chi connectivity index (χ1n) is 4.45. The van der Waals surface area contributed by atoms with E-state index in [-0.39, 0.29) is 5.52 Å². The molecule has 1 nitrogen and oxygen atoms in total. The first kappa shape index (κ1) is 10.5. The van der Waals surface area contributed by atoms with Crippen molar-refractivity contribution in [3.63, 3.8) is 0 Å². The number of alkyl halides is 3. The Morgan fingerprint density at radius 1 is 1.19 bits per heavy atom. The van der Waals surface area contributed by atoms with Gasteiger partial charge in [-0.25, -0.2) is 0 Å². The Labute approximate surface area is 89.9 Å². The lowest BCUT2D eigenvalue weighted by molar-refractivity contribution is -0.137. The van der Waals surface area contributed by atoms with Crippen LogP contribution in [0.15, 0.2) is 30.5 Å². The van der Waals surface area contributed by atoms with E-state index in [1.165, 1.54) is 12.3 Å². The summed E-state index contributed by atoms with van der Waals surface area (Å²) in [4.78, 5) is 3.87. The molecule has 1 aromatic heterocycles. The zero-order valence-electron chi connectivity index (χ0n) is 8.05. The summed E-state index contributed by atoms with van der Waals surface area (Å²) in [6.45, 7) is 0. The third kappa shape index (κ3) is 1.72. The molecule has 2 aromatic rings. The minimum atomic E-state index is -4.36. The number of hydrogen-bond donors (Lipinski definition) is 0. The first-order valence-corrected chi connectivity index (χ1v) is 4.45. The molecule has 0 unspecified atom stereocenters. The van der Waals surface area contributed by atoms with Gasteiger partial charge in [0.25, 0.3) is 0 Å². The lowest BCUT2D eigenvalue weighted by Crippen LogP contribution is -2.04. The zero-order valence-corrected chi connectivity index (χ0v) is 8.05. The van der Waals surface area contributed by atoms with Crippen molar-refractivity contribution >= 4 is 10.9 Å². The van der Waals surface area contributed by atoms with Gasteiger partial charge in [-0.05, 0) is 18.2 Å². The molecule has 0 saturated carbocycles. The van der Waals surface area contributed by atoms with Crippen molar-refractivity contribution in [2.45, 2.75) is 6.18 Å². The SMILES string of the molecule is C#Cc1ccnc2cc(C(F)(F)F)ccc12. The van der Waals surface area contributed by atoms with E-state index in [2.05, 4.69) is 10.9 Å². The smallest absolute Gasteiger partial charge is 0.256 e. The van der Waals surface area contributed by atoms with Gasteiger partial charge in [0.15, 0.2) is 0 Å². The van der Waals surface area contributed by atoms with Gasteiger partial charge in [0.2, 0.25) is 0 Å².